The molecular formula is C18H37IN4O2S. The van der Waals surface area contributed by atoms with Crippen molar-refractivity contribution in [2.24, 2.45) is 4.99 Å². The van der Waals surface area contributed by atoms with Crippen LogP contribution in [-0.2, 0) is 9.53 Å². The van der Waals surface area contributed by atoms with Crippen molar-refractivity contribution >= 4 is 47.6 Å². The van der Waals surface area contributed by atoms with E-state index in [4.69, 9.17) is 4.74 Å². The Bertz CT molecular complexity index is 391. The van der Waals surface area contributed by atoms with Gasteiger partial charge in [0.25, 0.3) is 0 Å². The van der Waals surface area contributed by atoms with Gasteiger partial charge in [-0.2, -0.15) is 11.8 Å². The molecule has 0 aromatic heterocycles. The molecule has 1 aliphatic heterocycles. The Labute approximate surface area is 180 Å². The van der Waals surface area contributed by atoms with Crippen LogP contribution in [-0.4, -0.2) is 75.2 Å². The van der Waals surface area contributed by atoms with E-state index in [1.54, 1.807) is 19.0 Å². The summed E-state index contributed by atoms with van der Waals surface area (Å²) in [5.41, 5.74) is 0. The number of rotatable bonds is 11. The van der Waals surface area contributed by atoms with E-state index < -0.39 is 0 Å². The summed E-state index contributed by atoms with van der Waals surface area (Å²) >= 11 is 1.91. The minimum Gasteiger partial charge on any atom is -0.376 e. The normalized spacial score (nSPS) is 17.3. The molecule has 154 valence electrons. The van der Waals surface area contributed by atoms with Gasteiger partial charge >= 0.3 is 0 Å². The van der Waals surface area contributed by atoms with Crippen molar-refractivity contribution in [2.45, 2.75) is 51.0 Å². The molecule has 1 rings (SSSR count). The summed E-state index contributed by atoms with van der Waals surface area (Å²) < 4.78 is 5.75. The van der Waals surface area contributed by atoms with Crippen molar-refractivity contribution in [1.29, 1.82) is 0 Å². The summed E-state index contributed by atoms with van der Waals surface area (Å²) in [7, 11) is 3.51. The minimum atomic E-state index is 0. The van der Waals surface area contributed by atoms with E-state index in [0.717, 1.165) is 39.0 Å². The van der Waals surface area contributed by atoms with Crippen molar-refractivity contribution in [3.8, 4) is 0 Å². The molecule has 1 saturated heterocycles. The zero-order valence-corrected chi connectivity index (χ0v) is 19.7. The molecule has 1 fully saturated rings. The predicted molar refractivity (Wildman–Crippen MR) is 123 cm³/mol. The van der Waals surface area contributed by atoms with E-state index in [-0.39, 0.29) is 42.5 Å². The number of halogens is 1. The number of nitrogens with one attached hydrogen (secondary N) is 2. The van der Waals surface area contributed by atoms with Gasteiger partial charge in [0, 0.05) is 33.8 Å². The van der Waals surface area contributed by atoms with Crippen molar-refractivity contribution in [3.05, 3.63) is 0 Å². The molecule has 1 atom stereocenters. The highest BCUT2D eigenvalue weighted by Gasteiger charge is 2.14. The summed E-state index contributed by atoms with van der Waals surface area (Å²) in [6.07, 6.45) is 10.8. The largest absolute Gasteiger partial charge is 0.376 e. The molecule has 1 amide bonds. The van der Waals surface area contributed by atoms with E-state index in [1.165, 1.54) is 31.4 Å². The summed E-state index contributed by atoms with van der Waals surface area (Å²) in [5.74, 6) is 1.97. The Balaban J connectivity index is 0.00000625. The van der Waals surface area contributed by atoms with Crippen molar-refractivity contribution in [2.75, 3.05) is 52.3 Å². The Kier molecular flexibility index (Phi) is 16.8. The standard InChI is InChI=1S/C18H36N4O2S.HI/c1-22(2)17(23)15-21-18(19-11-7-4-5-9-13-25-3)20-14-16-10-6-8-12-24-16;/h16H,4-15H2,1-3H3,(H2,19,20,21);1H. The highest BCUT2D eigenvalue weighted by molar-refractivity contribution is 14.0. The highest BCUT2D eigenvalue weighted by Crippen LogP contribution is 2.11. The van der Waals surface area contributed by atoms with Gasteiger partial charge in [0.05, 0.1) is 6.10 Å². The highest BCUT2D eigenvalue weighted by atomic mass is 127. The summed E-state index contributed by atoms with van der Waals surface area (Å²) in [5, 5.41) is 6.69. The third-order valence-electron chi connectivity index (χ3n) is 4.21. The smallest absolute Gasteiger partial charge is 0.243 e. The third kappa shape index (κ3) is 13.0. The van der Waals surface area contributed by atoms with Crippen LogP contribution in [0.5, 0.6) is 0 Å². The second-order valence-corrected chi connectivity index (χ2v) is 7.64. The molecule has 26 heavy (non-hydrogen) atoms. The fraction of sp³-hybridized carbons (Fsp3) is 0.889. The van der Waals surface area contributed by atoms with Gasteiger partial charge in [-0.05, 0) is 44.1 Å². The van der Waals surface area contributed by atoms with Gasteiger partial charge in [-0.25, -0.2) is 4.99 Å². The lowest BCUT2D eigenvalue weighted by atomic mass is 10.1. The van der Waals surface area contributed by atoms with E-state index >= 15 is 0 Å². The number of hydrogen-bond acceptors (Lipinski definition) is 4. The Hall–Kier alpha value is -0.220. The Morgan fingerprint density at radius 1 is 1.19 bits per heavy atom. The van der Waals surface area contributed by atoms with Crippen LogP contribution < -0.4 is 10.6 Å². The van der Waals surface area contributed by atoms with Crippen LogP contribution in [0.4, 0.5) is 0 Å². The number of unbranched alkanes of at least 4 members (excludes halogenated alkanes) is 3. The monoisotopic (exact) mass is 500 g/mol. The van der Waals surface area contributed by atoms with Crippen molar-refractivity contribution in [1.82, 2.24) is 15.5 Å². The molecule has 0 bridgehead atoms. The van der Waals surface area contributed by atoms with Crippen LogP contribution in [0.15, 0.2) is 4.99 Å². The molecule has 0 spiro atoms. The lowest BCUT2D eigenvalue weighted by Crippen LogP contribution is -2.43. The topological polar surface area (TPSA) is 66.0 Å². The quantitative estimate of drug-likeness (QED) is 0.198. The SMILES string of the molecule is CSCCCCCCNC(=NCC(=O)N(C)C)NCC1CCCCO1.I. The number of amides is 1. The molecule has 0 saturated carbocycles. The average molecular weight is 500 g/mol. The van der Waals surface area contributed by atoms with Crippen LogP contribution in [0, 0.1) is 0 Å². The molecule has 1 unspecified atom stereocenters. The molecule has 0 aromatic carbocycles. The number of hydrogen-bond donors (Lipinski definition) is 2. The number of guanidine groups is 1. The maximum Gasteiger partial charge on any atom is 0.243 e. The van der Waals surface area contributed by atoms with Gasteiger partial charge < -0.3 is 20.3 Å². The fourth-order valence-corrected chi connectivity index (χ4v) is 3.07. The third-order valence-corrected chi connectivity index (χ3v) is 4.91. The first kappa shape index (κ1) is 25.8. The molecule has 1 heterocycles. The lowest BCUT2D eigenvalue weighted by molar-refractivity contribution is -0.127. The zero-order valence-electron chi connectivity index (χ0n) is 16.6. The van der Waals surface area contributed by atoms with Crippen LogP contribution in [0.25, 0.3) is 0 Å². The van der Waals surface area contributed by atoms with Gasteiger partial charge in [0.1, 0.15) is 6.54 Å². The van der Waals surface area contributed by atoms with Gasteiger partial charge in [-0.15, -0.1) is 24.0 Å². The molecular weight excluding hydrogens is 463 g/mol. The van der Waals surface area contributed by atoms with Gasteiger partial charge in [0.15, 0.2) is 5.96 Å². The van der Waals surface area contributed by atoms with Crippen molar-refractivity contribution < 1.29 is 9.53 Å². The first-order chi connectivity index (χ1) is 12.1. The van der Waals surface area contributed by atoms with E-state index in [1.807, 2.05) is 11.8 Å². The Morgan fingerprint density at radius 3 is 2.62 bits per heavy atom. The zero-order chi connectivity index (χ0) is 18.3. The van der Waals surface area contributed by atoms with E-state index in [9.17, 15) is 4.79 Å². The summed E-state index contributed by atoms with van der Waals surface area (Å²) in [6, 6.07) is 0. The number of aliphatic imine (C=N–C) groups is 1. The van der Waals surface area contributed by atoms with Crippen LogP contribution in [0.1, 0.15) is 44.9 Å². The van der Waals surface area contributed by atoms with E-state index in [0.29, 0.717) is 5.96 Å². The first-order valence-corrected chi connectivity index (χ1v) is 10.9. The molecule has 1 aliphatic rings. The van der Waals surface area contributed by atoms with Crippen molar-refractivity contribution in [3.63, 3.8) is 0 Å². The lowest BCUT2D eigenvalue weighted by Gasteiger charge is -2.24. The van der Waals surface area contributed by atoms with Crippen LogP contribution in [0.3, 0.4) is 0 Å². The number of likely N-dealkylation sites (N-methyl/N-ethyl adjacent to an activating group) is 1. The number of carbonyl (C=O) groups is 1. The molecule has 8 heteroatoms. The van der Waals surface area contributed by atoms with Crippen LogP contribution >= 0.6 is 35.7 Å². The molecule has 6 nitrogen and oxygen atoms in total. The predicted octanol–water partition coefficient (Wildman–Crippen LogP) is 2.72. The second-order valence-electron chi connectivity index (χ2n) is 6.66. The van der Waals surface area contributed by atoms with E-state index in [2.05, 4.69) is 21.9 Å². The van der Waals surface area contributed by atoms with Crippen LogP contribution in [0.2, 0.25) is 0 Å². The number of carbonyl (C=O) groups excluding carboxylic acids is 1. The number of thioether (sulfide) groups is 1. The average Bonchev–Trinajstić information content (AvgIpc) is 2.63. The number of nitrogens with zero attached hydrogens (tertiary/aromatic N) is 2. The summed E-state index contributed by atoms with van der Waals surface area (Å²) in [4.78, 5) is 17.8. The fourth-order valence-electron chi connectivity index (χ4n) is 2.57. The van der Waals surface area contributed by atoms with Gasteiger partial charge in [-0.1, -0.05) is 12.8 Å². The molecule has 0 radical (unpaired) electrons. The van der Waals surface area contributed by atoms with Gasteiger partial charge in [0.2, 0.25) is 5.91 Å². The first-order valence-electron chi connectivity index (χ1n) is 9.46. The second kappa shape index (κ2) is 16.9. The van der Waals surface area contributed by atoms with Gasteiger partial charge in [-0.3, -0.25) is 4.79 Å². The molecule has 2 N–H and O–H groups in total. The Morgan fingerprint density at radius 2 is 1.96 bits per heavy atom. The minimum absolute atomic E-state index is 0. The molecule has 0 aliphatic carbocycles. The summed E-state index contributed by atoms with van der Waals surface area (Å²) in [6.45, 7) is 2.64. The molecule has 0 aromatic rings. The maximum atomic E-state index is 11.8. The number of ether oxygens (including phenoxy) is 1. The maximum absolute atomic E-state index is 11.8.